The lowest BCUT2D eigenvalue weighted by Crippen LogP contribution is -2.12. The van der Waals surface area contributed by atoms with Gasteiger partial charge >= 0.3 is 0 Å². The molecule has 2 N–H and O–H groups in total. The van der Waals surface area contributed by atoms with Crippen molar-refractivity contribution in [3.05, 3.63) is 54.1 Å². The van der Waals surface area contributed by atoms with Crippen molar-refractivity contribution in [3.63, 3.8) is 0 Å². The Bertz CT molecular complexity index is 540. The number of hydrogen-bond acceptors (Lipinski definition) is 2. The van der Waals surface area contributed by atoms with Crippen LogP contribution < -0.4 is 5.73 Å². The van der Waals surface area contributed by atoms with E-state index < -0.39 is 11.7 Å². The summed E-state index contributed by atoms with van der Waals surface area (Å²) in [6.07, 6.45) is 2.83. The van der Waals surface area contributed by atoms with E-state index in [0.29, 0.717) is 11.1 Å². The molecule has 0 aliphatic heterocycles. The SMILES string of the molecule is NC(=O)c1cnccc1-c1ccccc1F. The second-order valence-electron chi connectivity index (χ2n) is 3.27. The first-order valence-corrected chi connectivity index (χ1v) is 4.69. The molecule has 0 saturated heterocycles. The highest BCUT2D eigenvalue weighted by molar-refractivity contribution is 5.99. The van der Waals surface area contributed by atoms with Crippen LogP contribution in [0.25, 0.3) is 11.1 Å². The lowest BCUT2D eigenvalue weighted by molar-refractivity contribution is 0.100. The second-order valence-corrected chi connectivity index (χ2v) is 3.27. The fourth-order valence-corrected chi connectivity index (χ4v) is 1.51. The van der Waals surface area contributed by atoms with Gasteiger partial charge < -0.3 is 5.73 Å². The monoisotopic (exact) mass is 216 g/mol. The molecule has 1 heterocycles. The molecule has 2 aromatic rings. The summed E-state index contributed by atoms with van der Waals surface area (Å²) in [6.45, 7) is 0. The molecule has 1 aromatic heterocycles. The van der Waals surface area contributed by atoms with E-state index in [2.05, 4.69) is 4.98 Å². The van der Waals surface area contributed by atoms with Crippen LogP contribution in [0.1, 0.15) is 10.4 Å². The number of nitrogens with zero attached hydrogens (tertiary/aromatic N) is 1. The van der Waals surface area contributed by atoms with Gasteiger partial charge in [-0.2, -0.15) is 0 Å². The number of primary amides is 1. The Morgan fingerprint density at radius 1 is 1.19 bits per heavy atom. The number of carbonyl (C=O) groups is 1. The highest BCUT2D eigenvalue weighted by atomic mass is 19.1. The molecule has 2 rings (SSSR count). The molecule has 0 aliphatic carbocycles. The van der Waals surface area contributed by atoms with Gasteiger partial charge in [-0.25, -0.2) is 4.39 Å². The van der Waals surface area contributed by atoms with Gasteiger partial charge in [0.15, 0.2) is 0 Å². The summed E-state index contributed by atoms with van der Waals surface area (Å²) in [5, 5.41) is 0. The number of amides is 1. The van der Waals surface area contributed by atoms with Crippen LogP contribution in [0.5, 0.6) is 0 Å². The lowest BCUT2D eigenvalue weighted by Gasteiger charge is -2.06. The molecule has 0 bridgehead atoms. The molecule has 0 aliphatic rings. The lowest BCUT2D eigenvalue weighted by atomic mass is 10.0. The normalized spacial score (nSPS) is 10.1. The minimum Gasteiger partial charge on any atom is -0.366 e. The maximum atomic E-state index is 13.5. The maximum Gasteiger partial charge on any atom is 0.250 e. The Hall–Kier alpha value is -2.23. The number of halogens is 1. The van der Waals surface area contributed by atoms with Crippen molar-refractivity contribution in [3.8, 4) is 11.1 Å². The van der Waals surface area contributed by atoms with Crippen molar-refractivity contribution < 1.29 is 9.18 Å². The Morgan fingerprint density at radius 2 is 1.94 bits per heavy atom. The van der Waals surface area contributed by atoms with Gasteiger partial charge in [0.1, 0.15) is 5.82 Å². The first-order chi connectivity index (χ1) is 7.70. The number of rotatable bonds is 2. The van der Waals surface area contributed by atoms with Gasteiger partial charge in [-0.3, -0.25) is 9.78 Å². The molecule has 0 radical (unpaired) electrons. The molecule has 0 unspecified atom stereocenters. The summed E-state index contributed by atoms with van der Waals surface area (Å²) in [5.41, 5.74) is 6.22. The van der Waals surface area contributed by atoms with Gasteiger partial charge in [-0.15, -0.1) is 0 Å². The van der Waals surface area contributed by atoms with Crippen molar-refractivity contribution in [2.24, 2.45) is 5.73 Å². The summed E-state index contributed by atoms with van der Waals surface area (Å²) < 4.78 is 13.5. The van der Waals surface area contributed by atoms with Gasteiger partial charge in [-0.1, -0.05) is 18.2 Å². The van der Waals surface area contributed by atoms with Crippen molar-refractivity contribution in [1.82, 2.24) is 4.98 Å². The van der Waals surface area contributed by atoms with Gasteiger partial charge in [0.2, 0.25) is 0 Å². The molecular formula is C12H9FN2O. The zero-order chi connectivity index (χ0) is 11.5. The van der Waals surface area contributed by atoms with Gasteiger partial charge in [0, 0.05) is 23.5 Å². The van der Waals surface area contributed by atoms with Crippen LogP contribution in [0, 0.1) is 5.82 Å². The molecule has 1 amide bonds. The Balaban J connectivity index is 2.65. The molecule has 0 saturated carbocycles. The topological polar surface area (TPSA) is 56.0 Å². The number of benzene rings is 1. The molecule has 0 fully saturated rings. The van der Waals surface area contributed by atoms with E-state index in [1.165, 1.54) is 18.5 Å². The van der Waals surface area contributed by atoms with E-state index in [9.17, 15) is 9.18 Å². The summed E-state index contributed by atoms with van der Waals surface area (Å²) in [7, 11) is 0. The minimum absolute atomic E-state index is 0.215. The number of carbonyl (C=O) groups excluding carboxylic acids is 1. The van der Waals surface area contributed by atoms with E-state index in [1.54, 1.807) is 24.3 Å². The molecule has 0 atom stereocenters. The average Bonchev–Trinajstić information content (AvgIpc) is 2.29. The van der Waals surface area contributed by atoms with Crippen molar-refractivity contribution >= 4 is 5.91 Å². The number of hydrogen-bond donors (Lipinski definition) is 1. The predicted molar refractivity (Wildman–Crippen MR) is 58.1 cm³/mol. The van der Waals surface area contributed by atoms with Crippen LogP contribution in [0.15, 0.2) is 42.7 Å². The summed E-state index contributed by atoms with van der Waals surface area (Å²) >= 11 is 0. The summed E-state index contributed by atoms with van der Waals surface area (Å²) in [4.78, 5) is 15.0. The van der Waals surface area contributed by atoms with E-state index >= 15 is 0 Å². The molecule has 16 heavy (non-hydrogen) atoms. The Morgan fingerprint density at radius 3 is 2.62 bits per heavy atom. The van der Waals surface area contributed by atoms with E-state index in [-0.39, 0.29) is 5.56 Å². The summed E-state index contributed by atoms with van der Waals surface area (Å²) in [5.74, 6) is -1.01. The third-order valence-electron chi connectivity index (χ3n) is 2.25. The van der Waals surface area contributed by atoms with Crippen LogP contribution in [-0.4, -0.2) is 10.9 Å². The fourth-order valence-electron chi connectivity index (χ4n) is 1.51. The Kier molecular flexibility index (Phi) is 2.64. The van der Waals surface area contributed by atoms with Crippen LogP contribution in [0.2, 0.25) is 0 Å². The second kappa shape index (κ2) is 4.10. The molecular weight excluding hydrogens is 207 g/mol. The average molecular weight is 216 g/mol. The predicted octanol–water partition coefficient (Wildman–Crippen LogP) is 1.99. The maximum absolute atomic E-state index is 13.5. The molecule has 3 nitrogen and oxygen atoms in total. The van der Waals surface area contributed by atoms with E-state index in [4.69, 9.17) is 5.73 Å². The number of nitrogens with two attached hydrogens (primary N) is 1. The smallest absolute Gasteiger partial charge is 0.250 e. The van der Waals surface area contributed by atoms with Crippen molar-refractivity contribution in [2.75, 3.05) is 0 Å². The standard InChI is InChI=1S/C12H9FN2O/c13-11-4-2-1-3-9(11)8-5-6-15-7-10(8)12(14)16/h1-7H,(H2,14,16). The van der Waals surface area contributed by atoms with Gasteiger partial charge in [-0.05, 0) is 12.1 Å². The van der Waals surface area contributed by atoms with Crippen LogP contribution in [-0.2, 0) is 0 Å². The highest BCUT2D eigenvalue weighted by Crippen LogP contribution is 2.25. The molecule has 80 valence electrons. The fraction of sp³-hybridized carbons (Fsp3) is 0. The molecule has 1 aromatic carbocycles. The third-order valence-corrected chi connectivity index (χ3v) is 2.25. The summed E-state index contributed by atoms with van der Waals surface area (Å²) in [6, 6.07) is 7.78. The number of pyridine rings is 1. The van der Waals surface area contributed by atoms with Crippen molar-refractivity contribution in [2.45, 2.75) is 0 Å². The van der Waals surface area contributed by atoms with Crippen LogP contribution in [0.4, 0.5) is 4.39 Å². The molecule has 4 heteroatoms. The zero-order valence-corrected chi connectivity index (χ0v) is 8.35. The third kappa shape index (κ3) is 1.77. The van der Waals surface area contributed by atoms with Crippen LogP contribution >= 0.6 is 0 Å². The van der Waals surface area contributed by atoms with Crippen LogP contribution in [0.3, 0.4) is 0 Å². The highest BCUT2D eigenvalue weighted by Gasteiger charge is 2.12. The molecule has 0 spiro atoms. The minimum atomic E-state index is -0.619. The Labute approximate surface area is 91.7 Å². The largest absolute Gasteiger partial charge is 0.366 e. The first kappa shape index (κ1) is 10.3. The zero-order valence-electron chi connectivity index (χ0n) is 8.35. The van der Waals surface area contributed by atoms with E-state index in [1.807, 2.05) is 0 Å². The van der Waals surface area contributed by atoms with Gasteiger partial charge in [0.25, 0.3) is 5.91 Å². The van der Waals surface area contributed by atoms with E-state index in [0.717, 1.165) is 0 Å². The van der Waals surface area contributed by atoms with Crippen molar-refractivity contribution in [1.29, 1.82) is 0 Å². The quantitative estimate of drug-likeness (QED) is 0.834. The van der Waals surface area contributed by atoms with Gasteiger partial charge in [0.05, 0.1) is 5.56 Å². The first-order valence-electron chi connectivity index (χ1n) is 4.69. The number of aromatic nitrogens is 1.